The zero-order valence-electron chi connectivity index (χ0n) is 12.6. The Hall–Kier alpha value is -1.70. The summed E-state index contributed by atoms with van der Waals surface area (Å²) in [6.07, 6.45) is 3.51. The summed E-state index contributed by atoms with van der Waals surface area (Å²) in [6, 6.07) is 14.1. The zero-order chi connectivity index (χ0) is 16.5. The van der Waals surface area contributed by atoms with Gasteiger partial charge >= 0.3 is 0 Å². The summed E-state index contributed by atoms with van der Waals surface area (Å²) in [4.78, 5) is 7.94. The molecule has 4 rings (SSSR count). The van der Waals surface area contributed by atoms with Crippen LogP contribution in [0.25, 0.3) is 0 Å². The Labute approximate surface area is 157 Å². The minimum absolute atomic E-state index is 0.0132. The maximum Gasteiger partial charge on any atom is 0.170 e. The molecular weight excluding hydrogens is 406 g/mol. The van der Waals surface area contributed by atoms with Crippen LogP contribution in [-0.2, 0) is 6.54 Å². The van der Waals surface area contributed by atoms with Crippen molar-refractivity contribution in [3.8, 4) is 0 Å². The third-order valence-corrected chi connectivity index (χ3v) is 6.04. The first-order chi connectivity index (χ1) is 11.7. The van der Waals surface area contributed by atoms with Crippen LogP contribution in [0.4, 0.5) is 0 Å². The third-order valence-electron chi connectivity index (χ3n) is 3.99. The van der Waals surface area contributed by atoms with E-state index in [4.69, 9.17) is 16.6 Å². The van der Waals surface area contributed by atoms with Gasteiger partial charge in [0, 0.05) is 11.1 Å². The van der Waals surface area contributed by atoms with Gasteiger partial charge in [-0.25, -0.2) is 0 Å². The predicted octanol–water partition coefficient (Wildman–Crippen LogP) is 4.67. The summed E-state index contributed by atoms with van der Waals surface area (Å²) in [5.41, 5.74) is 0.983. The lowest BCUT2D eigenvalue weighted by Gasteiger charge is -2.26. The minimum Gasteiger partial charge on any atom is -0.467 e. The van der Waals surface area contributed by atoms with Crippen LogP contribution in [0, 0.1) is 0 Å². The van der Waals surface area contributed by atoms with Crippen LogP contribution in [0.2, 0.25) is 0 Å². The molecule has 0 aliphatic carbocycles. The smallest absolute Gasteiger partial charge is 0.170 e. The topological polar surface area (TPSA) is 41.3 Å². The van der Waals surface area contributed by atoms with E-state index < -0.39 is 0 Å². The lowest BCUT2D eigenvalue weighted by Crippen LogP contribution is -2.28. The molecule has 0 spiro atoms. The molecule has 0 saturated carbocycles. The van der Waals surface area contributed by atoms with Crippen molar-refractivity contribution in [2.24, 2.45) is 0 Å². The number of aromatic nitrogens is 1. The molecule has 2 atom stereocenters. The second-order valence-electron chi connectivity index (χ2n) is 5.48. The second kappa shape index (κ2) is 6.66. The Morgan fingerprint density at radius 3 is 2.83 bits per heavy atom. The third kappa shape index (κ3) is 2.99. The van der Waals surface area contributed by atoms with Crippen molar-refractivity contribution in [2.45, 2.75) is 18.6 Å². The van der Waals surface area contributed by atoms with Crippen molar-refractivity contribution in [1.29, 1.82) is 0 Å². The molecule has 3 aromatic rings. The van der Waals surface area contributed by atoms with Crippen LogP contribution in [0.5, 0.6) is 0 Å². The van der Waals surface area contributed by atoms with Crippen molar-refractivity contribution < 1.29 is 4.42 Å². The van der Waals surface area contributed by atoms with Crippen molar-refractivity contribution in [3.63, 3.8) is 0 Å². The standard InChI is InChI=1S/C17H14BrN3OS2/c18-14-7-6-13(24-14)16-15(12-5-1-2-8-19-12)20-17(23)21(16)10-11-4-3-9-22-11/h1-9,15-16H,10H2,(H,20,23)/t15-,16-/m0/s1. The summed E-state index contributed by atoms with van der Waals surface area (Å²) in [6.45, 7) is 0.627. The van der Waals surface area contributed by atoms with Gasteiger partial charge < -0.3 is 14.6 Å². The van der Waals surface area contributed by atoms with Crippen LogP contribution in [-0.4, -0.2) is 15.0 Å². The number of halogens is 1. The molecule has 3 aromatic heterocycles. The molecule has 1 fully saturated rings. The first kappa shape index (κ1) is 15.8. The molecule has 4 heterocycles. The van der Waals surface area contributed by atoms with Gasteiger partial charge in [0.25, 0.3) is 0 Å². The number of furan rings is 1. The van der Waals surface area contributed by atoms with Crippen LogP contribution in [0.1, 0.15) is 28.4 Å². The summed E-state index contributed by atoms with van der Waals surface area (Å²) < 4.78 is 6.63. The number of thiophene rings is 1. The molecule has 0 amide bonds. The molecule has 24 heavy (non-hydrogen) atoms. The molecular formula is C17H14BrN3OS2. The molecule has 1 saturated heterocycles. The van der Waals surface area contributed by atoms with Gasteiger partial charge in [0.2, 0.25) is 0 Å². The number of nitrogens with one attached hydrogen (secondary N) is 1. The van der Waals surface area contributed by atoms with Gasteiger partial charge in [-0.3, -0.25) is 4.98 Å². The average molecular weight is 420 g/mol. The molecule has 7 heteroatoms. The highest BCUT2D eigenvalue weighted by Gasteiger charge is 2.40. The van der Waals surface area contributed by atoms with Gasteiger partial charge in [0.05, 0.1) is 34.4 Å². The summed E-state index contributed by atoms with van der Waals surface area (Å²) in [5, 5.41) is 4.15. The maximum absolute atomic E-state index is 5.61. The molecule has 1 aliphatic heterocycles. The number of nitrogens with zero attached hydrogens (tertiary/aromatic N) is 2. The largest absolute Gasteiger partial charge is 0.467 e. The number of thiocarbonyl (C=S) groups is 1. The molecule has 122 valence electrons. The molecule has 1 aliphatic rings. The van der Waals surface area contributed by atoms with E-state index in [1.165, 1.54) is 4.88 Å². The molecule has 0 aromatic carbocycles. The Balaban J connectivity index is 1.73. The molecule has 0 unspecified atom stereocenters. The van der Waals surface area contributed by atoms with E-state index in [2.05, 4.69) is 43.3 Å². The van der Waals surface area contributed by atoms with Crippen molar-refractivity contribution >= 4 is 44.6 Å². The van der Waals surface area contributed by atoms with Crippen LogP contribution in [0.15, 0.2) is 63.1 Å². The fraction of sp³-hybridized carbons (Fsp3) is 0.176. The van der Waals surface area contributed by atoms with Gasteiger partial charge in [-0.2, -0.15) is 0 Å². The molecule has 1 N–H and O–H groups in total. The first-order valence-corrected chi connectivity index (χ1v) is 9.50. The van der Waals surface area contributed by atoms with Gasteiger partial charge in [-0.1, -0.05) is 6.07 Å². The van der Waals surface area contributed by atoms with Crippen molar-refractivity contribution in [3.05, 3.63) is 75.0 Å². The Kier molecular flexibility index (Phi) is 4.39. The van der Waals surface area contributed by atoms with E-state index in [-0.39, 0.29) is 12.1 Å². The zero-order valence-corrected chi connectivity index (χ0v) is 15.8. The summed E-state index contributed by atoms with van der Waals surface area (Å²) >= 11 is 10.9. The predicted molar refractivity (Wildman–Crippen MR) is 102 cm³/mol. The van der Waals surface area contributed by atoms with Gasteiger partial charge in [-0.15, -0.1) is 11.3 Å². The van der Waals surface area contributed by atoms with E-state index >= 15 is 0 Å². The number of hydrogen-bond acceptors (Lipinski definition) is 4. The SMILES string of the molecule is S=C1N[C@@H](c2ccccn2)[C@H](c2ccc(Br)s2)N1Cc1ccco1. The number of pyridine rings is 1. The number of rotatable bonds is 4. The highest BCUT2D eigenvalue weighted by atomic mass is 79.9. The van der Waals surface area contributed by atoms with Crippen LogP contribution < -0.4 is 5.32 Å². The minimum atomic E-state index is 0.0132. The van der Waals surface area contributed by atoms with E-state index in [0.29, 0.717) is 6.54 Å². The number of hydrogen-bond donors (Lipinski definition) is 1. The fourth-order valence-electron chi connectivity index (χ4n) is 2.94. The van der Waals surface area contributed by atoms with Gasteiger partial charge in [-0.05, 0) is 64.5 Å². The normalized spacial score (nSPS) is 20.4. The lowest BCUT2D eigenvalue weighted by molar-refractivity contribution is 0.291. The lowest BCUT2D eigenvalue weighted by atomic mass is 10.0. The van der Waals surface area contributed by atoms with Gasteiger partial charge in [0.1, 0.15) is 5.76 Å². The second-order valence-corrected chi connectivity index (χ2v) is 8.36. The monoisotopic (exact) mass is 419 g/mol. The maximum atomic E-state index is 5.61. The Bertz CT molecular complexity index is 835. The quantitative estimate of drug-likeness (QED) is 0.622. The summed E-state index contributed by atoms with van der Waals surface area (Å²) in [5.74, 6) is 0.890. The van der Waals surface area contributed by atoms with E-state index in [1.54, 1.807) is 17.6 Å². The highest BCUT2D eigenvalue weighted by molar-refractivity contribution is 9.11. The van der Waals surface area contributed by atoms with Gasteiger partial charge in [0.15, 0.2) is 5.11 Å². The van der Waals surface area contributed by atoms with Crippen LogP contribution >= 0.6 is 39.5 Å². The average Bonchev–Trinajstić information content (AvgIpc) is 3.31. The molecule has 0 bridgehead atoms. The Morgan fingerprint density at radius 1 is 1.25 bits per heavy atom. The molecule has 0 radical (unpaired) electrons. The molecule has 4 nitrogen and oxygen atoms in total. The van der Waals surface area contributed by atoms with E-state index in [1.807, 2.05) is 36.5 Å². The Morgan fingerprint density at radius 2 is 2.17 bits per heavy atom. The van der Waals surface area contributed by atoms with Crippen LogP contribution in [0.3, 0.4) is 0 Å². The highest BCUT2D eigenvalue weighted by Crippen LogP contribution is 2.42. The first-order valence-electron chi connectivity index (χ1n) is 7.48. The van der Waals surface area contributed by atoms with Crippen molar-refractivity contribution in [1.82, 2.24) is 15.2 Å². The van der Waals surface area contributed by atoms with Crippen molar-refractivity contribution in [2.75, 3.05) is 0 Å². The summed E-state index contributed by atoms with van der Waals surface area (Å²) in [7, 11) is 0. The fourth-order valence-corrected chi connectivity index (χ4v) is 4.82. The van der Waals surface area contributed by atoms with E-state index in [9.17, 15) is 0 Å². The van der Waals surface area contributed by atoms with E-state index in [0.717, 1.165) is 20.4 Å².